The summed E-state index contributed by atoms with van der Waals surface area (Å²) in [6.07, 6.45) is 3.25. The molecule has 0 saturated carbocycles. The summed E-state index contributed by atoms with van der Waals surface area (Å²) < 4.78 is 11.0. The maximum atomic E-state index is 13.2. The van der Waals surface area contributed by atoms with Gasteiger partial charge in [0.1, 0.15) is 11.9 Å². The molecule has 0 aliphatic carbocycles. The first-order valence-electron chi connectivity index (χ1n) is 12.0. The lowest BCUT2D eigenvalue weighted by atomic mass is 10.1. The number of methoxy groups -OCH3 is 1. The Morgan fingerprint density at radius 3 is 2.69 bits per heavy atom. The minimum atomic E-state index is -0.463. The van der Waals surface area contributed by atoms with Crippen molar-refractivity contribution < 1.29 is 19.1 Å². The molecular formula is C28H32N4O4. The van der Waals surface area contributed by atoms with Crippen LogP contribution in [0.5, 0.6) is 5.75 Å². The summed E-state index contributed by atoms with van der Waals surface area (Å²) in [6, 6.07) is 17.8. The van der Waals surface area contributed by atoms with Gasteiger partial charge in [-0.2, -0.15) is 0 Å². The summed E-state index contributed by atoms with van der Waals surface area (Å²) in [4.78, 5) is 32.8. The van der Waals surface area contributed by atoms with Crippen molar-refractivity contribution in [1.29, 1.82) is 0 Å². The van der Waals surface area contributed by atoms with Gasteiger partial charge in [-0.25, -0.2) is 4.79 Å². The number of benzene rings is 2. The maximum Gasteiger partial charge on any atom is 0.406 e. The van der Waals surface area contributed by atoms with Gasteiger partial charge in [-0.05, 0) is 41.8 Å². The molecule has 1 N–H and O–H groups in total. The van der Waals surface area contributed by atoms with Crippen LogP contribution >= 0.6 is 0 Å². The number of likely N-dealkylation sites (N-methyl/N-ethyl adjacent to an activating group) is 1. The van der Waals surface area contributed by atoms with Crippen LogP contribution in [0, 0.1) is 6.92 Å². The fraction of sp³-hybridized carbons (Fsp3) is 0.321. The molecule has 2 aromatic carbocycles. The van der Waals surface area contributed by atoms with E-state index < -0.39 is 6.09 Å². The number of ether oxygens (including phenoxy) is 2. The Morgan fingerprint density at radius 1 is 1.14 bits per heavy atom. The van der Waals surface area contributed by atoms with Crippen molar-refractivity contribution in [3.8, 4) is 5.75 Å². The second-order valence-electron chi connectivity index (χ2n) is 8.85. The average molecular weight is 489 g/mol. The molecule has 1 unspecified atom stereocenters. The number of amides is 2. The van der Waals surface area contributed by atoms with Gasteiger partial charge in [-0.1, -0.05) is 36.4 Å². The molecule has 188 valence electrons. The molecule has 36 heavy (non-hydrogen) atoms. The molecule has 2 heterocycles. The normalized spacial score (nSPS) is 14.0. The lowest BCUT2D eigenvalue weighted by molar-refractivity contribution is 0.0754. The molecule has 0 fully saturated rings. The molecular weight excluding hydrogens is 456 g/mol. The Hall–Kier alpha value is -4.07. The molecule has 3 aromatic rings. The molecule has 8 heteroatoms. The predicted octanol–water partition coefficient (Wildman–Crippen LogP) is 4.35. The molecule has 2 amide bonds. The third kappa shape index (κ3) is 5.94. The minimum absolute atomic E-state index is 0.00979. The number of alkyl carbamates (subject to hydrolysis) is 1. The largest absolute Gasteiger partial charge is 0.486 e. The van der Waals surface area contributed by atoms with Crippen molar-refractivity contribution in [3.63, 3.8) is 0 Å². The van der Waals surface area contributed by atoms with E-state index in [4.69, 9.17) is 4.74 Å². The van der Waals surface area contributed by atoms with Crippen LogP contribution in [-0.4, -0.2) is 55.7 Å². The van der Waals surface area contributed by atoms with Crippen LogP contribution in [0.3, 0.4) is 0 Å². The summed E-state index contributed by atoms with van der Waals surface area (Å²) in [5, 5.41) is 2.72. The van der Waals surface area contributed by atoms with E-state index in [0.717, 1.165) is 34.7 Å². The topological polar surface area (TPSA) is 84.0 Å². The van der Waals surface area contributed by atoms with Crippen LogP contribution in [0.25, 0.3) is 0 Å². The molecule has 0 bridgehead atoms. The van der Waals surface area contributed by atoms with Crippen molar-refractivity contribution in [2.24, 2.45) is 0 Å². The quantitative estimate of drug-likeness (QED) is 0.508. The summed E-state index contributed by atoms with van der Waals surface area (Å²) >= 11 is 0. The number of anilines is 1. The standard InChI is InChI=1S/C28H32N4O4/c1-20-17-23(36-26(12-14-30-28(34)35-3)21-7-5-4-6-8-21)10-9-22(20)19-32-16-15-31(2)25-11-13-29-18-24(25)27(32)33/h4-11,13,17-18,26H,12,14-16,19H2,1-3H3,(H,30,34). The van der Waals surface area contributed by atoms with Crippen LogP contribution < -0.4 is 15.0 Å². The van der Waals surface area contributed by atoms with Gasteiger partial charge in [-0.15, -0.1) is 0 Å². The molecule has 1 aliphatic rings. The van der Waals surface area contributed by atoms with Crippen LogP contribution in [0.1, 0.15) is 39.6 Å². The lowest BCUT2D eigenvalue weighted by Crippen LogP contribution is -2.33. The van der Waals surface area contributed by atoms with Gasteiger partial charge in [0, 0.05) is 52.0 Å². The number of rotatable bonds is 8. The van der Waals surface area contributed by atoms with E-state index in [9.17, 15) is 9.59 Å². The van der Waals surface area contributed by atoms with E-state index >= 15 is 0 Å². The van der Waals surface area contributed by atoms with Gasteiger partial charge in [0.15, 0.2) is 0 Å². The molecule has 1 aromatic heterocycles. The number of nitrogens with zero attached hydrogens (tertiary/aromatic N) is 3. The third-order valence-electron chi connectivity index (χ3n) is 6.42. The number of fused-ring (bicyclic) bond motifs is 1. The molecule has 0 saturated heterocycles. The minimum Gasteiger partial charge on any atom is -0.486 e. The monoisotopic (exact) mass is 488 g/mol. The fourth-order valence-electron chi connectivity index (χ4n) is 4.33. The van der Waals surface area contributed by atoms with Crippen molar-refractivity contribution in [3.05, 3.63) is 89.2 Å². The van der Waals surface area contributed by atoms with E-state index in [1.54, 1.807) is 12.4 Å². The summed E-state index contributed by atoms with van der Waals surface area (Å²) in [7, 11) is 3.34. The van der Waals surface area contributed by atoms with E-state index in [1.165, 1.54) is 7.11 Å². The van der Waals surface area contributed by atoms with E-state index in [2.05, 4.69) is 19.9 Å². The summed E-state index contributed by atoms with van der Waals surface area (Å²) in [5.74, 6) is 0.726. The second kappa shape index (κ2) is 11.6. The molecule has 0 spiro atoms. The van der Waals surface area contributed by atoms with Crippen LogP contribution in [0.15, 0.2) is 67.0 Å². The van der Waals surface area contributed by atoms with Gasteiger partial charge >= 0.3 is 6.09 Å². The number of aryl methyl sites for hydroxylation is 1. The summed E-state index contributed by atoms with van der Waals surface area (Å²) in [5.41, 5.74) is 4.67. The lowest BCUT2D eigenvalue weighted by Gasteiger charge is -2.23. The number of carbonyl (C=O) groups is 2. The fourth-order valence-corrected chi connectivity index (χ4v) is 4.33. The Labute approximate surface area is 211 Å². The number of carbonyl (C=O) groups excluding carboxylic acids is 2. The predicted molar refractivity (Wildman–Crippen MR) is 138 cm³/mol. The average Bonchev–Trinajstić information content (AvgIpc) is 3.02. The van der Waals surface area contributed by atoms with Gasteiger partial charge in [-0.3, -0.25) is 9.78 Å². The number of aromatic nitrogens is 1. The highest BCUT2D eigenvalue weighted by atomic mass is 16.5. The first kappa shape index (κ1) is 25.0. The SMILES string of the molecule is COC(=O)NCCC(Oc1ccc(CN2CCN(C)c3ccncc3C2=O)c(C)c1)c1ccccc1. The molecule has 8 nitrogen and oxygen atoms in total. The second-order valence-corrected chi connectivity index (χ2v) is 8.85. The molecule has 0 radical (unpaired) electrons. The number of hydrogen-bond donors (Lipinski definition) is 1. The third-order valence-corrected chi connectivity index (χ3v) is 6.42. The Balaban J connectivity index is 1.47. The number of nitrogens with one attached hydrogen (secondary N) is 1. The number of pyridine rings is 1. The highest BCUT2D eigenvalue weighted by Crippen LogP contribution is 2.28. The smallest absolute Gasteiger partial charge is 0.406 e. The zero-order chi connectivity index (χ0) is 25.5. The van der Waals surface area contributed by atoms with E-state index in [-0.39, 0.29) is 12.0 Å². The van der Waals surface area contributed by atoms with Gasteiger partial charge < -0.3 is 24.6 Å². The van der Waals surface area contributed by atoms with E-state index in [1.807, 2.05) is 73.5 Å². The molecule has 1 atom stereocenters. The maximum absolute atomic E-state index is 13.2. The zero-order valence-corrected chi connectivity index (χ0v) is 20.9. The van der Waals surface area contributed by atoms with Crippen LogP contribution in [0.4, 0.5) is 10.5 Å². The highest BCUT2D eigenvalue weighted by Gasteiger charge is 2.25. The highest BCUT2D eigenvalue weighted by molar-refractivity contribution is 6.00. The van der Waals surface area contributed by atoms with Gasteiger partial charge in [0.2, 0.25) is 0 Å². The first-order valence-corrected chi connectivity index (χ1v) is 12.0. The van der Waals surface area contributed by atoms with Gasteiger partial charge in [0.05, 0.1) is 18.4 Å². The Morgan fingerprint density at radius 2 is 1.94 bits per heavy atom. The van der Waals surface area contributed by atoms with Crippen molar-refractivity contribution in [1.82, 2.24) is 15.2 Å². The van der Waals surface area contributed by atoms with E-state index in [0.29, 0.717) is 31.6 Å². The Kier molecular flexibility index (Phi) is 8.05. The van der Waals surface area contributed by atoms with Crippen molar-refractivity contribution >= 4 is 17.7 Å². The van der Waals surface area contributed by atoms with Crippen LogP contribution in [-0.2, 0) is 11.3 Å². The summed E-state index contributed by atoms with van der Waals surface area (Å²) in [6.45, 7) is 4.35. The first-order chi connectivity index (χ1) is 17.5. The molecule has 1 aliphatic heterocycles. The molecule has 4 rings (SSSR count). The van der Waals surface area contributed by atoms with Gasteiger partial charge in [0.25, 0.3) is 5.91 Å². The van der Waals surface area contributed by atoms with Crippen molar-refractivity contribution in [2.45, 2.75) is 26.0 Å². The van der Waals surface area contributed by atoms with Crippen LogP contribution in [0.2, 0.25) is 0 Å². The number of hydrogen-bond acceptors (Lipinski definition) is 6. The zero-order valence-electron chi connectivity index (χ0n) is 20.9. The van der Waals surface area contributed by atoms with Crippen molar-refractivity contribution in [2.75, 3.05) is 38.7 Å². The Bertz CT molecular complexity index is 1200.